The molecule has 0 aliphatic carbocycles. The first-order chi connectivity index (χ1) is 12.1. The lowest BCUT2D eigenvalue weighted by atomic mass is 10.1. The smallest absolute Gasteiger partial charge is 0.356 e. The second-order valence-electron chi connectivity index (χ2n) is 6.18. The highest BCUT2D eigenvalue weighted by Gasteiger charge is 2.16. The number of anilines is 1. The molecule has 2 aromatic heterocycles. The third kappa shape index (κ3) is 3.15. The van der Waals surface area contributed by atoms with Crippen molar-refractivity contribution in [1.82, 2.24) is 14.8 Å². The van der Waals surface area contributed by atoms with E-state index >= 15 is 0 Å². The van der Waals surface area contributed by atoms with Crippen molar-refractivity contribution in [3.63, 3.8) is 0 Å². The maximum absolute atomic E-state index is 11.0. The molecule has 6 nitrogen and oxygen atoms in total. The van der Waals surface area contributed by atoms with Gasteiger partial charge in [-0.15, -0.1) is 0 Å². The van der Waals surface area contributed by atoms with Crippen LogP contribution < -0.4 is 4.90 Å². The molecule has 25 heavy (non-hydrogen) atoms. The Hall–Kier alpha value is -2.67. The first kappa shape index (κ1) is 15.8. The number of aryl methyl sites for hydroxylation is 1. The summed E-state index contributed by atoms with van der Waals surface area (Å²) < 4.78 is 2.81. The maximum Gasteiger partial charge on any atom is 0.356 e. The SMILES string of the molecule is Cc1cc(Cn2ccc(C(=O)O)n2)c2nc(N3CC=CCC3)sc2c1. The summed E-state index contributed by atoms with van der Waals surface area (Å²) in [5.74, 6) is -1.01. The number of aromatic carboxylic acids is 1. The highest BCUT2D eigenvalue weighted by Crippen LogP contribution is 2.32. The quantitative estimate of drug-likeness (QED) is 0.728. The Morgan fingerprint density at radius 3 is 2.96 bits per heavy atom. The molecule has 1 aliphatic heterocycles. The summed E-state index contributed by atoms with van der Waals surface area (Å²) in [5.41, 5.74) is 3.27. The molecule has 3 heterocycles. The molecule has 0 radical (unpaired) electrons. The molecular weight excluding hydrogens is 336 g/mol. The van der Waals surface area contributed by atoms with Crippen LogP contribution in [0.2, 0.25) is 0 Å². The molecule has 0 atom stereocenters. The van der Waals surface area contributed by atoms with Gasteiger partial charge in [-0.3, -0.25) is 4.68 Å². The summed E-state index contributed by atoms with van der Waals surface area (Å²) >= 11 is 1.71. The van der Waals surface area contributed by atoms with Crippen LogP contribution in [-0.2, 0) is 6.54 Å². The molecule has 3 aromatic rings. The molecule has 0 spiro atoms. The summed E-state index contributed by atoms with van der Waals surface area (Å²) in [6.45, 7) is 4.47. The van der Waals surface area contributed by atoms with E-state index in [-0.39, 0.29) is 5.69 Å². The van der Waals surface area contributed by atoms with Crippen molar-refractivity contribution < 1.29 is 9.90 Å². The summed E-state index contributed by atoms with van der Waals surface area (Å²) in [6, 6.07) is 5.78. The lowest BCUT2D eigenvalue weighted by Gasteiger charge is -2.22. The Labute approximate surface area is 149 Å². The molecule has 0 saturated carbocycles. The lowest BCUT2D eigenvalue weighted by molar-refractivity contribution is 0.0689. The van der Waals surface area contributed by atoms with E-state index in [0.29, 0.717) is 6.54 Å². The minimum Gasteiger partial charge on any atom is -0.476 e. The molecule has 1 aromatic carbocycles. The molecule has 128 valence electrons. The summed E-state index contributed by atoms with van der Waals surface area (Å²) in [6.07, 6.45) is 7.13. The summed E-state index contributed by atoms with van der Waals surface area (Å²) in [4.78, 5) is 18.2. The van der Waals surface area contributed by atoms with Crippen LogP contribution in [0.15, 0.2) is 36.5 Å². The zero-order valence-corrected chi connectivity index (χ0v) is 14.7. The van der Waals surface area contributed by atoms with Crippen molar-refractivity contribution in [3.05, 3.63) is 53.4 Å². The van der Waals surface area contributed by atoms with E-state index in [0.717, 1.165) is 40.4 Å². The average Bonchev–Trinajstić information content (AvgIpc) is 3.22. The Balaban J connectivity index is 1.70. The monoisotopic (exact) mass is 354 g/mol. The number of thiazole rings is 1. The minimum atomic E-state index is -1.01. The van der Waals surface area contributed by atoms with Crippen LogP contribution in [0.25, 0.3) is 10.2 Å². The topological polar surface area (TPSA) is 71.2 Å². The number of hydrogen-bond donors (Lipinski definition) is 1. The Kier molecular flexibility index (Phi) is 4.01. The van der Waals surface area contributed by atoms with Crippen LogP contribution in [0.4, 0.5) is 5.13 Å². The van der Waals surface area contributed by atoms with E-state index in [1.165, 1.54) is 11.6 Å². The van der Waals surface area contributed by atoms with Crippen molar-refractivity contribution >= 4 is 32.7 Å². The van der Waals surface area contributed by atoms with Gasteiger partial charge in [-0.05, 0) is 31.0 Å². The van der Waals surface area contributed by atoms with Crippen molar-refractivity contribution in [2.75, 3.05) is 18.0 Å². The second-order valence-corrected chi connectivity index (χ2v) is 7.19. The first-order valence-electron chi connectivity index (χ1n) is 8.17. The number of aromatic nitrogens is 3. The van der Waals surface area contributed by atoms with E-state index in [9.17, 15) is 4.79 Å². The Morgan fingerprint density at radius 2 is 2.24 bits per heavy atom. The van der Waals surface area contributed by atoms with Crippen LogP contribution in [0.1, 0.15) is 28.0 Å². The Morgan fingerprint density at radius 1 is 1.36 bits per heavy atom. The first-order valence-corrected chi connectivity index (χ1v) is 8.98. The largest absolute Gasteiger partial charge is 0.476 e. The van der Waals surface area contributed by atoms with Gasteiger partial charge in [0.05, 0.1) is 16.8 Å². The third-order valence-corrected chi connectivity index (χ3v) is 5.29. The number of benzene rings is 1. The molecule has 0 saturated heterocycles. The molecule has 1 aliphatic rings. The number of carbonyl (C=O) groups is 1. The van der Waals surface area contributed by atoms with Crippen LogP contribution in [0.5, 0.6) is 0 Å². The van der Waals surface area contributed by atoms with Crippen molar-refractivity contribution in [2.45, 2.75) is 19.9 Å². The Bertz CT molecular complexity index is 973. The number of fused-ring (bicyclic) bond motifs is 1. The van der Waals surface area contributed by atoms with Gasteiger partial charge in [-0.2, -0.15) is 5.10 Å². The van der Waals surface area contributed by atoms with Gasteiger partial charge in [0.25, 0.3) is 0 Å². The molecule has 4 rings (SSSR count). The predicted octanol–water partition coefficient (Wildman–Crippen LogP) is 3.31. The minimum absolute atomic E-state index is 0.0583. The highest BCUT2D eigenvalue weighted by molar-refractivity contribution is 7.22. The number of rotatable bonds is 4. The number of hydrogen-bond acceptors (Lipinski definition) is 5. The van der Waals surface area contributed by atoms with Gasteiger partial charge in [0.1, 0.15) is 0 Å². The average molecular weight is 354 g/mol. The van der Waals surface area contributed by atoms with Gasteiger partial charge in [-0.25, -0.2) is 9.78 Å². The van der Waals surface area contributed by atoms with E-state index < -0.39 is 5.97 Å². The van der Waals surface area contributed by atoms with Gasteiger partial charge >= 0.3 is 5.97 Å². The van der Waals surface area contributed by atoms with Crippen molar-refractivity contribution in [3.8, 4) is 0 Å². The van der Waals surface area contributed by atoms with Gasteiger partial charge in [-0.1, -0.05) is 29.6 Å². The standard InChI is InChI=1S/C18H18N4O2S/c1-12-9-13(11-22-8-5-14(20-22)17(23)24)16-15(10-12)25-18(19-16)21-6-3-2-4-7-21/h2-3,5,8-10H,4,6-7,11H2,1H3,(H,23,24). The molecule has 0 bridgehead atoms. The maximum atomic E-state index is 11.0. The van der Waals surface area contributed by atoms with Crippen molar-refractivity contribution in [1.29, 1.82) is 0 Å². The molecule has 0 amide bonds. The fourth-order valence-corrected chi connectivity index (χ4v) is 4.20. The summed E-state index contributed by atoms with van der Waals surface area (Å²) in [5, 5.41) is 14.2. The fourth-order valence-electron chi connectivity index (χ4n) is 3.05. The predicted molar refractivity (Wildman–Crippen MR) is 98.6 cm³/mol. The van der Waals surface area contributed by atoms with Crippen LogP contribution >= 0.6 is 11.3 Å². The van der Waals surface area contributed by atoms with Gasteiger partial charge in [0.2, 0.25) is 0 Å². The third-order valence-electron chi connectivity index (χ3n) is 4.23. The van der Waals surface area contributed by atoms with Crippen LogP contribution in [0.3, 0.4) is 0 Å². The molecule has 7 heteroatoms. The van der Waals surface area contributed by atoms with E-state index in [2.05, 4.69) is 41.2 Å². The number of carboxylic acid groups (broad SMARTS) is 1. The second kappa shape index (κ2) is 6.33. The molecule has 0 unspecified atom stereocenters. The van der Waals surface area contributed by atoms with Crippen LogP contribution in [0, 0.1) is 6.92 Å². The van der Waals surface area contributed by atoms with Crippen LogP contribution in [-0.4, -0.2) is 38.9 Å². The van der Waals surface area contributed by atoms with E-state index in [1.807, 2.05) is 0 Å². The molecule has 1 N–H and O–H groups in total. The van der Waals surface area contributed by atoms with Gasteiger partial charge in [0, 0.05) is 24.8 Å². The number of carboxylic acids is 1. The zero-order chi connectivity index (χ0) is 17.4. The highest BCUT2D eigenvalue weighted by atomic mass is 32.1. The molecular formula is C18H18N4O2S. The molecule has 0 fully saturated rings. The zero-order valence-electron chi connectivity index (χ0n) is 13.8. The lowest BCUT2D eigenvalue weighted by Crippen LogP contribution is -2.26. The summed E-state index contributed by atoms with van der Waals surface area (Å²) in [7, 11) is 0. The van der Waals surface area contributed by atoms with Gasteiger partial charge < -0.3 is 10.0 Å². The van der Waals surface area contributed by atoms with E-state index in [4.69, 9.17) is 10.1 Å². The normalized spacial score (nSPS) is 14.4. The number of nitrogens with zero attached hydrogens (tertiary/aromatic N) is 4. The fraction of sp³-hybridized carbons (Fsp3) is 0.278. The van der Waals surface area contributed by atoms with Crippen molar-refractivity contribution in [2.24, 2.45) is 0 Å². The van der Waals surface area contributed by atoms with Gasteiger partial charge in [0.15, 0.2) is 10.8 Å². The van der Waals surface area contributed by atoms with E-state index in [1.54, 1.807) is 22.2 Å².